The Labute approximate surface area is 350 Å². The number of carbonyl (C=O) groups is 4. The summed E-state index contributed by atoms with van der Waals surface area (Å²) in [6, 6.07) is 5.01. The van der Waals surface area contributed by atoms with Gasteiger partial charge in [0.05, 0.1) is 36.5 Å². The lowest BCUT2D eigenvalue weighted by molar-refractivity contribution is -0.190. The Morgan fingerprint density at radius 3 is 2.27 bits per heavy atom. The van der Waals surface area contributed by atoms with Crippen molar-refractivity contribution in [3.63, 3.8) is 0 Å². The zero-order chi connectivity index (χ0) is 42.7. The first-order valence-corrected chi connectivity index (χ1v) is 22.0. The summed E-state index contributed by atoms with van der Waals surface area (Å²) >= 11 is 0. The van der Waals surface area contributed by atoms with Crippen LogP contribution in [0, 0.1) is 5.92 Å². The molecule has 13 heteroatoms. The van der Waals surface area contributed by atoms with Gasteiger partial charge in [-0.25, -0.2) is 4.79 Å². The molecule has 4 aliphatic rings. The highest BCUT2D eigenvalue weighted by Gasteiger charge is 2.52. The fourth-order valence-corrected chi connectivity index (χ4v) is 8.22. The van der Waals surface area contributed by atoms with Crippen LogP contribution in [0.25, 0.3) is 6.08 Å². The second-order valence-corrected chi connectivity index (χ2v) is 17.8. The summed E-state index contributed by atoms with van der Waals surface area (Å²) in [6.07, 6.45) is 13.7. The van der Waals surface area contributed by atoms with Crippen LogP contribution in [0.4, 0.5) is 0 Å². The number of fused-ring (bicyclic) bond motifs is 2. The van der Waals surface area contributed by atoms with Crippen molar-refractivity contribution in [2.75, 3.05) is 6.61 Å². The summed E-state index contributed by atoms with van der Waals surface area (Å²) in [5.74, 6) is -2.85. The summed E-state index contributed by atoms with van der Waals surface area (Å²) < 4.78 is 30.7. The van der Waals surface area contributed by atoms with Crippen molar-refractivity contribution in [2.45, 2.75) is 192 Å². The molecule has 2 amide bonds. The Bertz CT molecular complexity index is 1620. The third kappa shape index (κ3) is 13.7. The number of aliphatic hydroxyl groups excluding tert-OH is 2. The predicted molar refractivity (Wildman–Crippen MR) is 222 cm³/mol. The van der Waals surface area contributed by atoms with E-state index in [-0.39, 0.29) is 24.8 Å². The van der Waals surface area contributed by atoms with E-state index in [1.165, 1.54) is 6.92 Å². The monoisotopic (exact) mass is 824 g/mol. The molecule has 3 unspecified atom stereocenters. The van der Waals surface area contributed by atoms with Crippen LogP contribution in [0.3, 0.4) is 0 Å². The van der Waals surface area contributed by atoms with Crippen molar-refractivity contribution in [1.82, 2.24) is 10.6 Å². The highest BCUT2D eigenvalue weighted by molar-refractivity contribution is 5.97. The third-order valence-electron chi connectivity index (χ3n) is 11.5. The number of hydrogen-bond donors (Lipinski definition) is 4. The highest BCUT2D eigenvalue weighted by atomic mass is 16.8. The van der Waals surface area contributed by atoms with E-state index in [1.54, 1.807) is 39.0 Å². The van der Waals surface area contributed by atoms with Gasteiger partial charge in [0, 0.05) is 31.3 Å². The van der Waals surface area contributed by atoms with Gasteiger partial charge in [-0.2, -0.15) is 0 Å². The average molecular weight is 825 g/mol. The van der Waals surface area contributed by atoms with Crippen molar-refractivity contribution in [3.8, 4) is 0 Å². The SMILES string of the molecule is CCCCCC1(CCCCC)O[C@@H]2[C@@H](C=C(C(=O)N[C@@H](C(=O)N[C@H](CO)CCC(=O)OC(C)(C)C)[C@H](C)O)C[C@H]2OC(=O)c2ccc(C=CC3CCC4OC4C3)cc2)O1. The number of hydrogen-bond acceptors (Lipinski definition) is 11. The minimum absolute atomic E-state index is 0.0147. The number of rotatable bonds is 21. The summed E-state index contributed by atoms with van der Waals surface area (Å²) in [5.41, 5.74) is 0.871. The average Bonchev–Trinajstić information content (AvgIpc) is 3.88. The molecule has 3 fully saturated rings. The molecular weight excluding hydrogens is 757 g/mol. The van der Waals surface area contributed by atoms with Crippen molar-refractivity contribution in [3.05, 3.63) is 53.1 Å². The Hall–Kier alpha value is -3.62. The minimum Gasteiger partial charge on any atom is -0.460 e. The van der Waals surface area contributed by atoms with Crippen LogP contribution in [-0.4, -0.2) is 101 Å². The lowest BCUT2D eigenvalue weighted by Gasteiger charge is -2.31. The van der Waals surface area contributed by atoms with Crippen molar-refractivity contribution in [2.24, 2.45) is 5.92 Å². The highest BCUT2D eigenvalue weighted by Crippen LogP contribution is 2.43. The van der Waals surface area contributed by atoms with E-state index in [0.29, 0.717) is 36.5 Å². The number of allylic oxidation sites excluding steroid dienone is 1. The van der Waals surface area contributed by atoms with Crippen LogP contribution in [0.2, 0.25) is 0 Å². The maximum Gasteiger partial charge on any atom is 0.338 e. The number of carbonyl (C=O) groups excluding carboxylic acids is 4. The van der Waals surface area contributed by atoms with Gasteiger partial charge in [-0.1, -0.05) is 63.8 Å². The summed E-state index contributed by atoms with van der Waals surface area (Å²) in [4.78, 5) is 53.5. The van der Waals surface area contributed by atoms with Crippen molar-refractivity contribution < 1.29 is 53.1 Å². The Balaban J connectivity index is 1.30. The van der Waals surface area contributed by atoms with Gasteiger partial charge in [-0.15, -0.1) is 0 Å². The maximum absolute atomic E-state index is 14.0. The van der Waals surface area contributed by atoms with Crippen LogP contribution in [0.5, 0.6) is 0 Å². The second-order valence-electron chi connectivity index (χ2n) is 17.8. The van der Waals surface area contributed by atoms with Gasteiger partial charge in [-0.05, 0) is 95.9 Å². The first-order chi connectivity index (χ1) is 28.1. The zero-order valence-electron chi connectivity index (χ0n) is 35.9. The molecule has 0 radical (unpaired) electrons. The zero-order valence-corrected chi connectivity index (χ0v) is 35.9. The van der Waals surface area contributed by atoms with E-state index in [1.807, 2.05) is 12.1 Å². The number of ether oxygens (including phenoxy) is 5. The molecule has 328 valence electrons. The van der Waals surface area contributed by atoms with Crippen molar-refractivity contribution in [1.29, 1.82) is 0 Å². The minimum atomic E-state index is -1.40. The summed E-state index contributed by atoms with van der Waals surface area (Å²) in [5, 5.41) is 25.9. The second kappa shape index (κ2) is 21.3. The van der Waals surface area contributed by atoms with E-state index in [9.17, 15) is 29.4 Å². The molecule has 1 aromatic carbocycles. The van der Waals surface area contributed by atoms with Gasteiger partial charge in [0.15, 0.2) is 5.79 Å². The quantitative estimate of drug-likeness (QED) is 0.0627. The number of esters is 2. The number of aliphatic hydroxyl groups is 2. The van der Waals surface area contributed by atoms with Crippen molar-refractivity contribution >= 4 is 29.8 Å². The molecule has 2 aliphatic heterocycles. The molecule has 5 rings (SSSR count). The molecule has 2 heterocycles. The molecule has 2 aliphatic carbocycles. The van der Waals surface area contributed by atoms with Crippen LogP contribution in [-0.2, 0) is 38.1 Å². The number of unbranched alkanes of at least 4 members (excludes halogenated alkanes) is 4. The molecule has 1 saturated carbocycles. The van der Waals surface area contributed by atoms with Crippen LogP contribution in [0.1, 0.15) is 147 Å². The molecule has 0 aromatic heterocycles. The lowest BCUT2D eigenvalue weighted by atomic mass is 9.89. The van der Waals surface area contributed by atoms with E-state index in [2.05, 4.69) is 36.6 Å². The summed E-state index contributed by atoms with van der Waals surface area (Å²) in [7, 11) is 0. The molecule has 13 nitrogen and oxygen atoms in total. The smallest absolute Gasteiger partial charge is 0.338 e. The Morgan fingerprint density at radius 2 is 1.66 bits per heavy atom. The number of benzene rings is 1. The van der Waals surface area contributed by atoms with Crippen LogP contribution < -0.4 is 10.6 Å². The lowest BCUT2D eigenvalue weighted by Crippen LogP contribution is -2.55. The molecule has 4 N–H and O–H groups in total. The topological polar surface area (TPSA) is 182 Å². The normalized spacial score (nSPS) is 26.1. The number of amides is 2. The van der Waals surface area contributed by atoms with Gasteiger partial charge < -0.3 is 44.5 Å². The van der Waals surface area contributed by atoms with Gasteiger partial charge in [0.25, 0.3) is 0 Å². The molecule has 0 bridgehead atoms. The van der Waals surface area contributed by atoms with E-state index < -0.39 is 78.2 Å². The fraction of sp³-hybridized carbons (Fsp3) is 0.696. The molecule has 2 saturated heterocycles. The largest absolute Gasteiger partial charge is 0.460 e. The molecule has 0 spiro atoms. The first kappa shape index (κ1) is 46.4. The number of nitrogens with one attached hydrogen (secondary N) is 2. The Morgan fingerprint density at radius 1 is 0.966 bits per heavy atom. The fourth-order valence-electron chi connectivity index (χ4n) is 8.22. The van der Waals surface area contributed by atoms with Gasteiger partial charge in [-0.3, -0.25) is 14.4 Å². The van der Waals surface area contributed by atoms with E-state index in [4.69, 9.17) is 23.7 Å². The maximum atomic E-state index is 14.0. The van der Waals surface area contributed by atoms with Gasteiger partial charge in [0.1, 0.15) is 30.0 Å². The van der Waals surface area contributed by atoms with E-state index in [0.717, 1.165) is 63.4 Å². The van der Waals surface area contributed by atoms with E-state index >= 15 is 0 Å². The molecular formula is C46H68N2O11. The molecule has 59 heavy (non-hydrogen) atoms. The first-order valence-electron chi connectivity index (χ1n) is 22.0. The predicted octanol–water partition coefficient (Wildman–Crippen LogP) is 6.23. The summed E-state index contributed by atoms with van der Waals surface area (Å²) in [6.45, 7) is 10.4. The van der Waals surface area contributed by atoms with Gasteiger partial charge >= 0.3 is 11.9 Å². The number of epoxide rings is 1. The molecule has 9 atom stereocenters. The van der Waals surface area contributed by atoms with Gasteiger partial charge in [0.2, 0.25) is 11.8 Å². The Kier molecular flexibility index (Phi) is 16.7. The van der Waals surface area contributed by atoms with Crippen LogP contribution in [0.15, 0.2) is 42.0 Å². The standard InChI is InChI=1S/C46H68N2O11/c1-7-9-11-23-46(24-12-10-8-2)57-38-27-33(42(52)48-40(29(3)50)43(53)47-34(28-49)20-22-39(51)58-45(4,5)6)26-37(41(38)59-46)56-44(54)32-18-15-30(16-19-32)13-14-31-17-21-35-36(25-31)55-35/h13-16,18-19,27,29,31,34-38,40-41,49-50H,7-12,17,20-26,28H2,1-6H3,(H,47,53)(H,48,52)/t29-,31?,34-,35?,36?,37+,38+,40+,41-/m0/s1. The van der Waals surface area contributed by atoms with Crippen LogP contribution >= 0.6 is 0 Å². The molecule has 1 aromatic rings. The third-order valence-corrected chi connectivity index (χ3v) is 11.5.